The largest absolute Gasteiger partial charge is 0.507 e. The minimum atomic E-state index is -0.180. The monoisotopic (exact) mass is 562 g/mol. The van der Waals surface area contributed by atoms with E-state index < -0.39 is 0 Å². The first-order chi connectivity index (χ1) is 14.1. The van der Waals surface area contributed by atoms with Crippen LogP contribution in [0.2, 0.25) is 0 Å². The maximum absolute atomic E-state index is 12.9. The molecule has 32 heavy (non-hydrogen) atoms. The first kappa shape index (κ1) is 26.4. The van der Waals surface area contributed by atoms with Crippen LogP contribution in [0.15, 0.2) is 40.8 Å². The number of halogens is 4. The maximum Gasteiger partial charge on any atom is 0.231 e. The number of hydrogen-bond donors (Lipinski definition) is 3. The zero-order valence-electron chi connectivity index (χ0n) is 16.8. The van der Waals surface area contributed by atoms with Gasteiger partial charge < -0.3 is 20.1 Å². The zero-order valence-corrected chi connectivity index (χ0v) is 20.8. The summed E-state index contributed by atoms with van der Waals surface area (Å²) in [6.45, 7) is 4.13. The summed E-state index contributed by atoms with van der Waals surface area (Å²) < 4.78 is 6.72. The number of aromatic nitrogens is 2. The van der Waals surface area contributed by atoms with E-state index in [-0.39, 0.29) is 54.5 Å². The number of ketones is 1. The highest BCUT2D eigenvalue weighted by atomic mass is 79.9. The molecule has 0 atom stereocenters. The molecule has 0 saturated carbocycles. The number of hydrogen-bond acceptors (Lipinski definition) is 6. The van der Waals surface area contributed by atoms with Crippen LogP contribution in [0.25, 0.3) is 17.1 Å². The first-order valence-electron chi connectivity index (χ1n) is 9.46. The molecular formula is C21H22BrCl3N4O3. The van der Waals surface area contributed by atoms with Crippen molar-refractivity contribution in [1.29, 1.82) is 0 Å². The summed E-state index contributed by atoms with van der Waals surface area (Å²) >= 11 is 3.36. The molecule has 2 aliphatic heterocycles. The lowest BCUT2D eigenvalue weighted by molar-refractivity contribution is 0.101. The molecular weight excluding hydrogens is 543 g/mol. The van der Waals surface area contributed by atoms with Gasteiger partial charge in [-0.1, -0.05) is 0 Å². The number of Topliss-reactive ketones (excluding diaryl/α,β-unsaturated/α-hetero) is 1. The first-order valence-corrected chi connectivity index (χ1v) is 10.3. The summed E-state index contributed by atoms with van der Waals surface area (Å²) in [5.74, 6) is 0.676. The van der Waals surface area contributed by atoms with Crippen molar-refractivity contribution in [3.8, 4) is 11.5 Å². The summed E-state index contributed by atoms with van der Waals surface area (Å²) in [5.41, 5.74) is 2.70. The van der Waals surface area contributed by atoms with Crippen molar-refractivity contribution >= 4 is 76.0 Å². The molecule has 2 aliphatic rings. The molecule has 7 nitrogen and oxygen atoms in total. The van der Waals surface area contributed by atoms with E-state index in [0.717, 1.165) is 47.4 Å². The van der Waals surface area contributed by atoms with Gasteiger partial charge in [-0.3, -0.25) is 9.69 Å². The smallest absolute Gasteiger partial charge is 0.231 e. The Balaban J connectivity index is 0.00000121. The van der Waals surface area contributed by atoms with Gasteiger partial charge in [0, 0.05) is 49.9 Å². The van der Waals surface area contributed by atoms with E-state index in [1.54, 1.807) is 24.4 Å². The van der Waals surface area contributed by atoms with Crippen LogP contribution in [0.5, 0.6) is 11.5 Å². The van der Waals surface area contributed by atoms with E-state index in [2.05, 4.69) is 36.1 Å². The Bertz CT molecular complexity index is 1160. The Morgan fingerprint density at radius 2 is 1.91 bits per heavy atom. The molecule has 0 aliphatic carbocycles. The van der Waals surface area contributed by atoms with E-state index in [1.807, 2.05) is 12.1 Å². The van der Waals surface area contributed by atoms with Crippen LogP contribution in [-0.2, 0) is 6.54 Å². The number of rotatable bonds is 3. The van der Waals surface area contributed by atoms with E-state index >= 15 is 0 Å². The van der Waals surface area contributed by atoms with Crippen LogP contribution in [-0.4, -0.2) is 51.9 Å². The Labute approximate surface area is 212 Å². The highest BCUT2D eigenvalue weighted by molar-refractivity contribution is 9.10. The third-order valence-corrected chi connectivity index (χ3v) is 5.77. The minimum Gasteiger partial charge on any atom is -0.507 e. The second-order valence-corrected chi connectivity index (χ2v) is 7.99. The van der Waals surface area contributed by atoms with Crippen LogP contribution >= 0.6 is 53.2 Å². The third-order valence-electron chi connectivity index (χ3n) is 5.33. The molecule has 2 aromatic heterocycles. The Kier molecular flexibility index (Phi) is 8.98. The van der Waals surface area contributed by atoms with Crippen molar-refractivity contribution in [3.05, 3.63) is 57.5 Å². The second kappa shape index (κ2) is 10.9. The summed E-state index contributed by atoms with van der Waals surface area (Å²) in [6.07, 6.45) is 3.53. The fraction of sp³-hybridized carbons (Fsp3) is 0.238. The number of allylic oxidation sites excluding steroid dienone is 1. The summed E-state index contributed by atoms with van der Waals surface area (Å²) in [7, 11) is 0. The van der Waals surface area contributed by atoms with Crippen LogP contribution in [0.3, 0.4) is 0 Å². The molecule has 4 heterocycles. The normalized spacial score (nSPS) is 16.7. The number of aromatic hydroxyl groups is 1. The number of nitrogens with one attached hydrogen (secondary N) is 2. The molecule has 5 rings (SSSR count). The summed E-state index contributed by atoms with van der Waals surface area (Å²) in [5, 5.41) is 14.6. The number of H-pyrrole nitrogens is 1. The average molecular weight is 565 g/mol. The molecule has 1 saturated heterocycles. The molecule has 3 N–H and O–H groups in total. The molecule has 0 spiro atoms. The van der Waals surface area contributed by atoms with Crippen LogP contribution in [0.4, 0.5) is 0 Å². The van der Waals surface area contributed by atoms with E-state index in [1.165, 1.54) is 0 Å². The number of carbonyl (C=O) groups is 1. The fourth-order valence-electron chi connectivity index (χ4n) is 3.81. The van der Waals surface area contributed by atoms with Gasteiger partial charge in [-0.05, 0) is 46.3 Å². The van der Waals surface area contributed by atoms with Crippen molar-refractivity contribution in [3.63, 3.8) is 0 Å². The van der Waals surface area contributed by atoms with Crippen LogP contribution in [0, 0.1) is 0 Å². The number of pyridine rings is 1. The van der Waals surface area contributed by atoms with E-state index in [4.69, 9.17) is 4.74 Å². The number of aromatic amines is 1. The van der Waals surface area contributed by atoms with Crippen molar-refractivity contribution in [1.82, 2.24) is 20.2 Å². The van der Waals surface area contributed by atoms with Gasteiger partial charge in [0.05, 0.1) is 11.1 Å². The number of piperazine rings is 1. The van der Waals surface area contributed by atoms with Gasteiger partial charge in [0.2, 0.25) is 5.78 Å². The predicted molar refractivity (Wildman–Crippen MR) is 135 cm³/mol. The van der Waals surface area contributed by atoms with Gasteiger partial charge in [0.1, 0.15) is 21.7 Å². The number of nitrogens with zero attached hydrogens (tertiary/aromatic N) is 2. The molecule has 11 heteroatoms. The second-order valence-electron chi connectivity index (χ2n) is 7.18. The summed E-state index contributed by atoms with van der Waals surface area (Å²) in [4.78, 5) is 22.7. The lowest BCUT2D eigenvalue weighted by atomic mass is 10.0. The van der Waals surface area contributed by atoms with E-state index in [0.29, 0.717) is 23.4 Å². The van der Waals surface area contributed by atoms with Gasteiger partial charge in [-0.15, -0.1) is 37.2 Å². The Morgan fingerprint density at radius 1 is 1.16 bits per heavy atom. The number of phenols is 1. The number of phenolic OH excluding ortho intramolecular Hbond substituents is 1. The predicted octanol–water partition coefficient (Wildman–Crippen LogP) is 4.32. The molecule has 1 aromatic carbocycles. The lowest BCUT2D eigenvalue weighted by Crippen LogP contribution is -2.42. The standard InChI is InChI=1S/C21H19BrN4O3.3ClH/c22-18-4-2-13-12(10-24-21(13)25-18)9-17-19(28)14-1-3-16(27)15(20(14)29-17)11-26-7-5-23-6-8-26;;;/h1-4,9-10,23,27H,5-8,11H2,(H,24,25);3*1H. The molecule has 0 amide bonds. The molecule has 0 unspecified atom stereocenters. The van der Waals surface area contributed by atoms with Gasteiger partial charge in [0.25, 0.3) is 0 Å². The van der Waals surface area contributed by atoms with Crippen LogP contribution < -0.4 is 10.1 Å². The van der Waals surface area contributed by atoms with Gasteiger partial charge in [0.15, 0.2) is 5.76 Å². The maximum atomic E-state index is 12.9. The van der Waals surface area contributed by atoms with Gasteiger partial charge >= 0.3 is 0 Å². The minimum absolute atomic E-state index is 0. The SMILES string of the molecule is Cl.Cl.Cl.O=C1C(=Cc2c[nH]c3nc(Br)ccc23)Oc2c1ccc(O)c2CN1CCNCC1. The lowest BCUT2D eigenvalue weighted by Gasteiger charge is -2.27. The van der Waals surface area contributed by atoms with Crippen molar-refractivity contribution in [2.75, 3.05) is 26.2 Å². The Hall–Kier alpha value is -1.81. The van der Waals surface area contributed by atoms with E-state index in [9.17, 15) is 9.90 Å². The molecule has 3 aromatic rings. The topological polar surface area (TPSA) is 90.5 Å². The molecule has 172 valence electrons. The molecule has 0 bridgehead atoms. The molecule has 0 radical (unpaired) electrons. The highest BCUT2D eigenvalue weighted by Gasteiger charge is 2.32. The average Bonchev–Trinajstić information content (AvgIpc) is 3.26. The van der Waals surface area contributed by atoms with Crippen molar-refractivity contribution in [2.24, 2.45) is 0 Å². The number of carbonyl (C=O) groups excluding carboxylic acids is 1. The Morgan fingerprint density at radius 3 is 2.66 bits per heavy atom. The van der Waals surface area contributed by atoms with Crippen molar-refractivity contribution < 1.29 is 14.6 Å². The fourth-order valence-corrected chi connectivity index (χ4v) is 4.11. The number of benzene rings is 1. The third kappa shape index (κ3) is 4.90. The number of fused-ring (bicyclic) bond motifs is 2. The van der Waals surface area contributed by atoms with Gasteiger partial charge in [-0.25, -0.2) is 4.98 Å². The summed E-state index contributed by atoms with van der Waals surface area (Å²) in [6, 6.07) is 6.99. The quantitative estimate of drug-likeness (QED) is 0.324. The van der Waals surface area contributed by atoms with Crippen molar-refractivity contribution in [2.45, 2.75) is 6.54 Å². The van der Waals surface area contributed by atoms with Gasteiger partial charge in [-0.2, -0.15) is 0 Å². The highest BCUT2D eigenvalue weighted by Crippen LogP contribution is 2.40. The molecule has 1 fully saturated rings. The van der Waals surface area contributed by atoms with Crippen LogP contribution in [0.1, 0.15) is 21.5 Å². The zero-order chi connectivity index (χ0) is 20.0. The number of ether oxygens (including phenoxy) is 1.